The number of nitrogens with zero attached hydrogens (tertiary/aromatic N) is 1. The molecule has 35 heavy (non-hydrogen) atoms. The van der Waals surface area contributed by atoms with Crippen molar-refractivity contribution in [2.24, 2.45) is 5.92 Å². The number of benzene rings is 3. The molecule has 0 bridgehead atoms. The van der Waals surface area contributed by atoms with Crippen LogP contribution in [0.1, 0.15) is 62.3 Å². The molecule has 5 rings (SSSR count). The zero-order valence-electron chi connectivity index (χ0n) is 19.9. The molecule has 0 radical (unpaired) electrons. The minimum atomic E-state index is -0.609. The Balaban J connectivity index is 0.000000154. The minimum Gasteiger partial charge on any atom is -0.481 e. The first-order chi connectivity index (χ1) is 16.8. The summed E-state index contributed by atoms with van der Waals surface area (Å²) in [4.78, 5) is 44.5. The summed E-state index contributed by atoms with van der Waals surface area (Å²) in [5.74, 6) is -1.05. The third-order valence-corrected chi connectivity index (χ3v) is 6.13. The number of aliphatic carboxylic acids is 1. The molecule has 0 unspecified atom stereocenters. The van der Waals surface area contributed by atoms with Crippen molar-refractivity contribution in [1.29, 1.82) is 0 Å². The van der Waals surface area contributed by atoms with Gasteiger partial charge in [-0.25, -0.2) is 0 Å². The molecule has 6 nitrogen and oxygen atoms in total. The number of carbonyl (C=O) groups is 4. The molecule has 6 heteroatoms. The van der Waals surface area contributed by atoms with Crippen LogP contribution in [0.5, 0.6) is 0 Å². The van der Waals surface area contributed by atoms with Crippen LogP contribution >= 0.6 is 0 Å². The van der Waals surface area contributed by atoms with Crippen LogP contribution in [0.15, 0.2) is 72.8 Å². The number of carbonyl (C=O) groups excluding carboxylic acids is 3. The Morgan fingerprint density at radius 3 is 1.69 bits per heavy atom. The highest BCUT2D eigenvalue weighted by atomic mass is 16.4. The van der Waals surface area contributed by atoms with Crippen molar-refractivity contribution in [1.82, 2.24) is 4.90 Å². The number of fused-ring (bicyclic) bond motifs is 1. The quantitative estimate of drug-likeness (QED) is 0.394. The van der Waals surface area contributed by atoms with Gasteiger partial charge in [0.25, 0.3) is 11.8 Å². The maximum atomic E-state index is 11.3. The van der Waals surface area contributed by atoms with Gasteiger partial charge in [0.15, 0.2) is 0 Å². The highest BCUT2D eigenvalue weighted by molar-refractivity contribution is 6.21. The molecule has 1 heterocycles. The van der Waals surface area contributed by atoms with Crippen molar-refractivity contribution in [2.75, 3.05) is 7.05 Å². The maximum Gasteiger partial charge on any atom is 0.306 e. The second kappa shape index (κ2) is 11.9. The summed E-state index contributed by atoms with van der Waals surface area (Å²) in [6.45, 7) is 2.07. The van der Waals surface area contributed by atoms with Crippen LogP contribution in [0.3, 0.4) is 0 Å². The molecular formula is C29H29NO5. The highest BCUT2D eigenvalue weighted by Crippen LogP contribution is 2.24. The molecule has 0 aromatic heterocycles. The van der Waals surface area contributed by atoms with E-state index >= 15 is 0 Å². The van der Waals surface area contributed by atoms with Gasteiger partial charge in [-0.2, -0.15) is 0 Å². The average molecular weight is 472 g/mol. The zero-order chi connectivity index (χ0) is 25.4. The standard InChI is InChI=1S/C14H12O.C9H7NO2.C6H10O2/c1-11-2-6-13(7-3-11)14-8-4-12(10-15)5-9-14;1-10-8(11)6-4-2-3-5-7(6)9(10)12;7-6(8)5-3-1-2-4-5/h2-10H,1H3;2-5H,1H3;5H,1-4H2,(H,7,8). The molecule has 0 saturated heterocycles. The SMILES string of the molecule is CN1C(=O)c2ccccc2C1=O.Cc1ccc(-c2ccc(C=O)cc2)cc1.O=C(O)C1CCCC1. The lowest BCUT2D eigenvalue weighted by molar-refractivity contribution is -0.141. The van der Waals surface area contributed by atoms with E-state index in [4.69, 9.17) is 5.11 Å². The number of hydrogen-bond donors (Lipinski definition) is 1. The molecule has 1 saturated carbocycles. The highest BCUT2D eigenvalue weighted by Gasteiger charge is 2.31. The Morgan fingerprint density at radius 1 is 0.829 bits per heavy atom. The Bertz CT molecular complexity index is 1160. The number of amides is 2. The predicted octanol–water partition coefficient (Wildman–Crippen LogP) is 5.65. The number of aryl methyl sites for hydroxylation is 1. The van der Waals surface area contributed by atoms with Crippen molar-refractivity contribution < 1.29 is 24.3 Å². The number of hydrogen-bond acceptors (Lipinski definition) is 4. The summed E-state index contributed by atoms with van der Waals surface area (Å²) in [6, 6.07) is 22.8. The van der Waals surface area contributed by atoms with Gasteiger partial charge in [-0.05, 0) is 43.0 Å². The molecule has 2 aliphatic rings. The second-order valence-electron chi connectivity index (χ2n) is 8.64. The lowest BCUT2D eigenvalue weighted by Crippen LogP contribution is -2.24. The van der Waals surface area contributed by atoms with E-state index < -0.39 is 5.97 Å². The number of carboxylic acids is 1. The van der Waals surface area contributed by atoms with Crippen LogP contribution in [-0.2, 0) is 4.79 Å². The molecular weight excluding hydrogens is 442 g/mol. The minimum absolute atomic E-state index is 0.0185. The molecule has 1 aliphatic heterocycles. The lowest BCUT2D eigenvalue weighted by Gasteiger charge is -2.02. The topological polar surface area (TPSA) is 91.8 Å². The second-order valence-corrected chi connectivity index (χ2v) is 8.64. The van der Waals surface area contributed by atoms with Gasteiger partial charge in [0.05, 0.1) is 17.0 Å². The fourth-order valence-corrected chi connectivity index (χ4v) is 3.98. The molecule has 3 aromatic carbocycles. The van der Waals surface area contributed by atoms with Crippen molar-refractivity contribution in [3.63, 3.8) is 0 Å². The van der Waals surface area contributed by atoms with Gasteiger partial charge in [0.1, 0.15) is 6.29 Å². The molecule has 0 atom stereocenters. The number of imide groups is 1. The van der Waals surface area contributed by atoms with Gasteiger partial charge in [-0.1, -0.05) is 79.1 Å². The van der Waals surface area contributed by atoms with Crippen molar-refractivity contribution in [2.45, 2.75) is 32.6 Å². The summed E-state index contributed by atoms with van der Waals surface area (Å²) in [7, 11) is 1.49. The summed E-state index contributed by atoms with van der Waals surface area (Å²) < 4.78 is 0. The lowest BCUT2D eigenvalue weighted by atomic mass is 10.0. The van der Waals surface area contributed by atoms with E-state index in [2.05, 4.69) is 31.2 Å². The van der Waals surface area contributed by atoms with Gasteiger partial charge in [0.2, 0.25) is 0 Å². The van der Waals surface area contributed by atoms with Gasteiger partial charge in [0, 0.05) is 12.6 Å². The van der Waals surface area contributed by atoms with E-state index in [1.807, 2.05) is 24.3 Å². The first-order valence-electron chi connectivity index (χ1n) is 11.6. The fraction of sp³-hybridized carbons (Fsp3) is 0.241. The van der Waals surface area contributed by atoms with Crippen LogP contribution in [0.2, 0.25) is 0 Å². The Labute approximate surface area is 205 Å². The smallest absolute Gasteiger partial charge is 0.306 e. The molecule has 2 amide bonds. The van der Waals surface area contributed by atoms with Crippen LogP contribution < -0.4 is 0 Å². The molecule has 1 N–H and O–H groups in total. The average Bonchev–Trinajstić information content (AvgIpc) is 3.51. The summed E-state index contributed by atoms with van der Waals surface area (Å²) in [5.41, 5.74) is 5.29. The monoisotopic (exact) mass is 471 g/mol. The van der Waals surface area contributed by atoms with Crippen molar-refractivity contribution >= 4 is 24.1 Å². The van der Waals surface area contributed by atoms with Gasteiger partial charge < -0.3 is 5.11 Å². The Morgan fingerprint density at radius 2 is 1.29 bits per heavy atom. The van der Waals surface area contributed by atoms with Gasteiger partial charge in [-0.15, -0.1) is 0 Å². The summed E-state index contributed by atoms with van der Waals surface area (Å²) >= 11 is 0. The van der Waals surface area contributed by atoms with Crippen molar-refractivity contribution in [3.05, 3.63) is 95.1 Å². The predicted molar refractivity (Wildman–Crippen MR) is 134 cm³/mol. The number of rotatable bonds is 3. The zero-order valence-corrected chi connectivity index (χ0v) is 19.9. The molecule has 3 aromatic rings. The Hall–Kier alpha value is -4.06. The fourth-order valence-electron chi connectivity index (χ4n) is 3.98. The van der Waals surface area contributed by atoms with E-state index in [1.165, 1.54) is 18.2 Å². The van der Waals surface area contributed by atoms with Crippen LogP contribution in [-0.4, -0.2) is 41.1 Å². The van der Waals surface area contributed by atoms with E-state index in [-0.39, 0.29) is 17.7 Å². The van der Waals surface area contributed by atoms with Crippen LogP contribution in [0.4, 0.5) is 0 Å². The number of aldehydes is 1. The Kier molecular flexibility index (Phi) is 8.68. The molecule has 180 valence electrons. The molecule has 1 fully saturated rings. The third-order valence-electron chi connectivity index (χ3n) is 6.13. The van der Waals surface area contributed by atoms with Crippen LogP contribution in [0, 0.1) is 12.8 Å². The normalized spacial score (nSPS) is 14.4. The molecule has 0 spiro atoms. The first kappa shape index (κ1) is 25.6. The first-order valence-corrected chi connectivity index (χ1v) is 11.6. The third kappa shape index (κ3) is 6.51. The van der Waals surface area contributed by atoms with E-state index in [1.54, 1.807) is 24.3 Å². The van der Waals surface area contributed by atoms with E-state index in [0.717, 1.165) is 42.4 Å². The van der Waals surface area contributed by atoms with E-state index in [0.29, 0.717) is 16.7 Å². The summed E-state index contributed by atoms with van der Waals surface area (Å²) in [5, 5.41) is 8.41. The molecule has 1 aliphatic carbocycles. The number of carboxylic acid groups (broad SMARTS) is 1. The largest absolute Gasteiger partial charge is 0.481 e. The summed E-state index contributed by atoms with van der Waals surface area (Å²) in [6.07, 6.45) is 4.87. The van der Waals surface area contributed by atoms with Gasteiger partial charge in [-0.3, -0.25) is 24.1 Å². The maximum absolute atomic E-state index is 11.3. The van der Waals surface area contributed by atoms with Crippen molar-refractivity contribution in [3.8, 4) is 11.1 Å². The van der Waals surface area contributed by atoms with Crippen LogP contribution in [0.25, 0.3) is 11.1 Å². The van der Waals surface area contributed by atoms with E-state index in [9.17, 15) is 19.2 Å². The van der Waals surface area contributed by atoms with Gasteiger partial charge >= 0.3 is 5.97 Å².